The van der Waals surface area contributed by atoms with E-state index in [4.69, 9.17) is 30.5 Å². The number of imidazole rings is 2. The summed E-state index contributed by atoms with van der Waals surface area (Å²) in [6.45, 7) is 16.1. The van der Waals surface area contributed by atoms with E-state index >= 15 is 0 Å². The summed E-state index contributed by atoms with van der Waals surface area (Å²) in [6.07, 6.45) is 0. The van der Waals surface area contributed by atoms with Crippen LogP contribution in [0.15, 0.2) is 94.0 Å². The number of benzene rings is 4. The van der Waals surface area contributed by atoms with E-state index in [1.165, 1.54) is 11.1 Å². The second kappa shape index (κ2) is 13.5. The smallest absolute Gasteiger partial charge is 0.141 e. The largest absolute Gasteiger partial charge is 0.397 e. The Morgan fingerprint density at radius 2 is 0.904 bits per heavy atom. The van der Waals surface area contributed by atoms with Gasteiger partial charge in [-0.1, -0.05) is 71.0 Å². The molecule has 4 aromatic heterocycles. The van der Waals surface area contributed by atoms with Gasteiger partial charge in [-0.15, -0.1) is 0 Å². The molecule has 0 fully saturated rings. The van der Waals surface area contributed by atoms with Crippen LogP contribution in [-0.4, -0.2) is 29.4 Å². The lowest BCUT2D eigenvalue weighted by atomic mass is 10.0. The summed E-state index contributed by atoms with van der Waals surface area (Å²) in [5.41, 5.74) is 26.0. The lowest BCUT2D eigenvalue weighted by molar-refractivity contribution is 0.393. The topological polar surface area (TPSA) is 140 Å². The van der Waals surface area contributed by atoms with Crippen molar-refractivity contribution in [3.8, 4) is 22.3 Å². The molecule has 4 aromatic carbocycles. The number of nitrogens with zero attached hydrogens (tertiary/aromatic N) is 6. The molecule has 10 heteroatoms. The van der Waals surface area contributed by atoms with E-state index < -0.39 is 0 Å². The van der Waals surface area contributed by atoms with Crippen molar-refractivity contribution in [3.05, 3.63) is 131 Å². The third-order valence-electron chi connectivity index (χ3n) is 9.98. The minimum atomic E-state index is 0.153. The fourth-order valence-corrected chi connectivity index (χ4v) is 7.49. The molecule has 0 unspecified atom stereocenters. The molecule has 0 saturated carbocycles. The Kier molecular flexibility index (Phi) is 8.92. The average Bonchev–Trinajstić information content (AvgIpc) is 3.87. The first kappa shape index (κ1) is 34.3. The van der Waals surface area contributed by atoms with Crippen molar-refractivity contribution >= 4 is 33.4 Å². The van der Waals surface area contributed by atoms with E-state index in [9.17, 15) is 0 Å². The Balaban J connectivity index is 0.000000162. The maximum absolute atomic E-state index is 6.36. The molecule has 4 N–H and O–H groups in total. The fraction of sp³-hybridized carbons (Fsp3) is 0.238. The number of hydrogen-bond acceptors (Lipinski definition) is 8. The Bertz CT molecular complexity index is 2320. The number of nitrogens with two attached hydrogens (primary N) is 2. The van der Waals surface area contributed by atoms with Crippen LogP contribution in [0.3, 0.4) is 0 Å². The maximum atomic E-state index is 6.36. The summed E-state index contributed by atoms with van der Waals surface area (Å²) in [4.78, 5) is 9.45. The highest BCUT2D eigenvalue weighted by Crippen LogP contribution is 2.37. The van der Waals surface area contributed by atoms with Gasteiger partial charge < -0.3 is 29.6 Å². The minimum absolute atomic E-state index is 0.153. The van der Waals surface area contributed by atoms with Crippen LogP contribution in [0.2, 0.25) is 0 Å². The zero-order chi connectivity index (χ0) is 36.8. The number of fused-ring (bicyclic) bond motifs is 2. The average molecular weight is 693 g/mol. The normalized spacial score (nSPS) is 12.6. The van der Waals surface area contributed by atoms with Crippen LogP contribution in [-0.2, 0) is 0 Å². The van der Waals surface area contributed by atoms with E-state index in [0.29, 0.717) is 11.4 Å². The highest BCUT2D eigenvalue weighted by molar-refractivity contribution is 5.94. The number of hydrogen-bond donors (Lipinski definition) is 2. The molecule has 2 atom stereocenters. The van der Waals surface area contributed by atoms with Crippen LogP contribution < -0.4 is 11.5 Å². The molecule has 8 rings (SSSR count). The van der Waals surface area contributed by atoms with Crippen LogP contribution in [0, 0.1) is 41.5 Å². The molecule has 0 aliphatic heterocycles. The molecule has 264 valence electrons. The van der Waals surface area contributed by atoms with Gasteiger partial charge in [-0.3, -0.25) is 0 Å². The van der Waals surface area contributed by atoms with Crippen molar-refractivity contribution in [1.29, 1.82) is 0 Å². The quantitative estimate of drug-likeness (QED) is 0.164. The Hall–Kier alpha value is -6.16. The molecule has 4 heterocycles. The van der Waals surface area contributed by atoms with E-state index in [-0.39, 0.29) is 12.1 Å². The van der Waals surface area contributed by atoms with Crippen molar-refractivity contribution in [2.75, 3.05) is 11.5 Å². The van der Waals surface area contributed by atoms with E-state index in [1.54, 1.807) is 0 Å². The van der Waals surface area contributed by atoms with Crippen LogP contribution >= 0.6 is 0 Å². The van der Waals surface area contributed by atoms with Crippen LogP contribution in [0.4, 0.5) is 11.4 Å². The Labute approximate surface area is 303 Å². The summed E-state index contributed by atoms with van der Waals surface area (Å²) in [6, 6.07) is 29.3. The molecule has 0 saturated heterocycles. The second-order valence-corrected chi connectivity index (χ2v) is 13.5. The van der Waals surface area contributed by atoms with Gasteiger partial charge in [0.25, 0.3) is 0 Å². The summed E-state index contributed by atoms with van der Waals surface area (Å²) in [5.74, 6) is 3.47. The number of rotatable bonds is 6. The first-order valence-electron chi connectivity index (χ1n) is 17.5. The van der Waals surface area contributed by atoms with E-state index in [0.717, 1.165) is 78.9 Å². The first-order valence-corrected chi connectivity index (χ1v) is 17.5. The maximum Gasteiger partial charge on any atom is 0.141 e. The summed E-state index contributed by atoms with van der Waals surface area (Å²) < 4.78 is 15.2. The van der Waals surface area contributed by atoms with Crippen molar-refractivity contribution in [2.24, 2.45) is 0 Å². The molecular weight excluding hydrogens is 649 g/mol. The van der Waals surface area contributed by atoms with E-state index in [1.807, 2.05) is 65.8 Å². The Morgan fingerprint density at radius 3 is 1.23 bits per heavy atom. The lowest BCUT2D eigenvalue weighted by Crippen LogP contribution is -2.08. The molecule has 10 nitrogen and oxygen atoms in total. The number of nitrogen functional groups attached to an aromatic ring is 2. The number of aryl methyl sites for hydroxylation is 6. The molecule has 52 heavy (non-hydrogen) atoms. The molecule has 0 amide bonds. The van der Waals surface area contributed by atoms with Gasteiger partial charge in [-0.2, -0.15) is 0 Å². The molecule has 0 spiro atoms. The van der Waals surface area contributed by atoms with Crippen LogP contribution in [0.1, 0.15) is 71.6 Å². The van der Waals surface area contributed by atoms with Gasteiger partial charge in [0.05, 0.1) is 45.9 Å². The van der Waals surface area contributed by atoms with Gasteiger partial charge in [-0.25, -0.2) is 9.97 Å². The number of aromatic nitrogens is 6. The summed E-state index contributed by atoms with van der Waals surface area (Å²) in [7, 11) is 0. The lowest BCUT2D eigenvalue weighted by Gasteiger charge is -2.17. The molecule has 0 radical (unpaired) electrons. The SMILES string of the molecule is Cc1noc(C)c1-c1cc(N)c2nc(C)n([C@@H](C)c3ccccc3)c2c1.Cc1noc(C)c1-c1cc(N)c2nc(C)n([C@H](C)c3ccccc3)c2c1. The predicted molar refractivity (Wildman–Crippen MR) is 208 cm³/mol. The van der Waals surface area contributed by atoms with Gasteiger partial charge in [0, 0.05) is 11.1 Å². The fourth-order valence-electron chi connectivity index (χ4n) is 7.49. The van der Waals surface area contributed by atoms with Crippen molar-refractivity contribution in [1.82, 2.24) is 29.4 Å². The number of anilines is 2. The molecule has 8 aromatic rings. The second-order valence-electron chi connectivity index (χ2n) is 13.5. The van der Waals surface area contributed by atoms with Crippen molar-refractivity contribution in [2.45, 2.75) is 67.5 Å². The standard InChI is InChI=1S/2C21H22N4O/c2*1-12-20(14(3)26-24-12)17-10-18(22)21-19(11-17)25(15(4)23-21)13(2)16-8-6-5-7-9-16/h2*5-11,13H,22H2,1-4H3/t2*13-/m10/s1. The molecule has 0 aliphatic rings. The summed E-state index contributed by atoms with van der Waals surface area (Å²) >= 11 is 0. The third kappa shape index (κ3) is 6.00. The molecular formula is C42H44N8O2. The zero-order valence-corrected chi connectivity index (χ0v) is 30.9. The van der Waals surface area contributed by atoms with Gasteiger partial charge in [0.1, 0.15) is 34.2 Å². The zero-order valence-electron chi connectivity index (χ0n) is 30.9. The van der Waals surface area contributed by atoms with Gasteiger partial charge >= 0.3 is 0 Å². The summed E-state index contributed by atoms with van der Waals surface area (Å²) in [5, 5.41) is 8.15. The predicted octanol–water partition coefficient (Wildman–Crippen LogP) is 9.62. The van der Waals surface area contributed by atoms with Crippen LogP contribution in [0.5, 0.6) is 0 Å². The van der Waals surface area contributed by atoms with E-state index in [2.05, 4.69) is 94.0 Å². The monoisotopic (exact) mass is 692 g/mol. The third-order valence-corrected chi connectivity index (χ3v) is 9.98. The highest BCUT2D eigenvalue weighted by atomic mass is 16.5. The highest BCUT2D eigenvalue weighted by Gasteiger charge is 2.21. The van der Waals surface area contributed by atoms with Gasteiger partial charge in [0.15, 0.2) is 0 Å². The van der Waals surface area contributed by atoms with Gasteiger partial charge in [-0.05, 0) is 102 Å². The van der Waals surface area contributed by atoms with Crippen molar-refractivity contribution in [3.63, 3.8) is 0 Å². The Morgan fingerprint density at radius 1 is 0.538 bits per heavy atom. The van der Waals surface area contributed by atoms with Crippen molar-refractivity contribution < 1.29 is 9.05 Å². The first-order chi connectivity index (χ1) is 24.9. The molecule has 0 aliphatic carbocycles. The van der Waals surface area contributed by atoms with Crippen LogP contribution in [0.25, 0.3) is 44.3 Å². The van der Waals surface area contributed by atoms with Gasteiger partial charge in [0.2, 0.25) is 0 Å². The minimum Gasteiger partial charge on any atom is -0.397 e. The molecule has 0 bridgehead atoms.